The van der Waals surface area contributed by atoms with Gasteiger partial charge in [0.25, 0.3) is 0 Å². The zero-order valence-corrected chi connectivity index (χ0v) is 9.95. The molecule has 2 heterocycles. The zero-order valence-electron chi connectivity index (χ0n) is 9.95. The van der Waals surface area contributed by atoms with Crippen LogP contribution in [0.3, 0.4) is 0 Å². The van der Waals surface area contributed by atoms with Crippen LogP contribution in [-0.4, -0.2) is 62.7 Å². The highest BCUT2D eigenvalue weighted by molar-refractivity contribution is 4.97. The van der Waals surface area contributed by atoms with Gasteiger partial charge in [0.15, 0.2) is 0 Å². The van der Waals surface area contributed by atoms with Gasteiger partial charge in [-0.25, -0.2) is 0 Å². The fourth-order valence-corrected chi connectivity index (χ4v) is 3.34. The zero-order chi connectivity index (χ0) is 10.8. The van der Waals surface area contributed by atoms with Gasteiger partial charge in [0.1, 0.15) is 0 Å². The molecule has 0 aromatic rings. The molecule has 2 bridgehead atoms. The average Bonchev–Trinajstić information content (AvgIpc) is 2.16. The molecular formula is C12H23N3. The fourth-order valence-electron chi connectivity index (χ4n) is 3.34. The molecule has 2 aliphatic rings. The highest BCUT2D eigenvalue weighted by Crippen LogP contribution is 2.28. The summed E-state index contributed by atoms with van der Waals surface area (Å²) >= 11 is 0. The van der Waals surface area contributed by atoms with Gasteiger partial charge in [-0.05, 0) is 25.9 Å². The molecule has 2 rings (SSSR count). The number of piperidine rings is 2. The maximum atomic E-state index is 3.84. The van der Waals surface area contributed by atoms with Gasteiger partial charge in [0.05, 0.1) is 0 Å². The van der Waals surface area contributed by atoms with Gasteiger partial charge in [-0.1, -0.05) is 6.08 Å². The lowest BCUT2D eigenvalue weighted by atomic mass is 9.79. The maximum absolute atomic E-state index is 3.84. The molecular weight excluding hydrogens is 186 g/mol. The molecule has 3 heteroatoms. The number of likely N-dealkylation sites (tertiary alicyclic amines) is 1. The Kier molecular flexibility index (Phi) is 3.44. The van der Waals surface area contributed by atoms with E-state index in [2.05, 4.69) is 35.8 Å². The summed E-state index contributed by atoms with van der Waals surface area (Å²) in [5.41, 5.74) is 0. The smallest absolute Gasteiger partial charge is 0.0194 e. The van der Waals surface area contributed by atoms with E-state index in [1.807, 2.05) is 6.08 Å². The van der Waals surface area contributed by atoms with Crippen LogP contribution in [0, 0.1) is 11.8 Å². The highest BCUT2D eigenvalue weighted by Gasteiger charge is 2.39. The number of hydrogen-bond donors (Lipinski definition) is 1. The van der Waals surface area contributed by atoms with Crippen LogP contribution in [0.5, 0.6) is 0 Å². The molecule has 0 amide bonds. The van der Waals surface area contributed by atoms with Gasteiger partial charge in [-0.2, -0.15) is 0 Å². The summed E-state index contributed by atoms with van der Waals surface area (Å²) in [6, 6.07) is 0.771. The van der Waals surface area contributed by atoms with Crippen LogP contribution >= 0.6 is 0 Å². The first kappa shape index (κ1) is 11.1. The van der Waals surface area contributed by atoms with Crippen molar-refractivity contribution in [1.82, 2.24) is 15.1 Å². The van der Waals surface area contributed by atoms with Crippen molar-refractivity contribution in [2.75, 3.05) is 46.8 Å². The molecule has 0 aliphatic carbocycles. The maximum Gasteiger partial charge on any atom is 0.0194 e. The molecule has 0 radical (unpaired) electrons. The summed E-state index contributed by atoms with van der Waals surface area (Å²) in [6.45, 7) is 9.67. The average molecular weight is 209 g/mol. The Balaban J connectivity index is 2.04. The predicted octanol–water partition coefficient (Wildman–Crippen LogP) is 0.254. The second-order valence-corrected chi connectivity index (χ2v) is 5.14. The monoisotopic (exact) mass is 209 g/mol. The Labute approximate surface area is 93.1 Å². The van der Waals surface area contributed by atoms with Gasteiger partial charge in [-0.15, -0.1) is 6.58 Å². The Morgan fingerprint density at radius 2 is 1.93 bits per heavy atom. The van der Waals surface area contributed by atoms with E-state index in [0.717, 1.165) is 24.4 Å². The van der Waals surface area contributed by atoms with Gasteiger partial charge in [-0.3, -0.25) is 4.90 Å². The van der Waals surface area contributed by atoms with E-state index >= 15 is 0 Å². The van der Waals surface area contributed by atoms with Crippen LogP contribution in [-0.2, 0) is 0 Å². The van der Waals surface area contributed by atoms with E-state index in [-0.39, 0.29) is 0 Å². The Morgan fingerprint density at radius 3 is 2.40 bits per heavy atom. The molecule has 1 N–H and O–H groups in total. The van der Waals surface area contributed by atoms with E-state index in [4.69, 9.17) is 0 Å². The largest absolute Gasteiger partial charge is 0.316 e. The molecule has 3 nitrogen and oxygen atoms in total. The second-order valence-electron chi connectivity index (χ2n) is 5.14. The normalized spacial score (nSPS) is 36.9. The molecule has 2 saturated heterocycles. The van der Waals surface area contributed by atoms with Crippen LogP contribution < -0.4 is 5.32 Å². The van der Waals surface area contributed by atoms with Crippen molar-refractivity contribution in [3.05, 3.63) is 12.7 Å². The third-order valence-electron chi connectivity index (χ3n) is 3.75. The summed E-state index contributed by atoms with van der Waals surface area (Å²) < 4.78 is 0. The van der Waals surface area contributed by atoms with Gasteiger partial charge >= 0.3 is 0 Å². The summed E-state index contributed by atoms with van der Waals surface area (Å²) in [4.78, 5) is 4.96. The first-order chi connectivity index (χ1) is 7.22. The first-order valence-corrected chi connectivity index (χ1v) is 5.92. The summed E-state index contributed by atoms with van der Waals surface area (Å²) in [5.74, 6) is 1.57. The molecule has 2 aliphatic heterocycles. The first-order valence-electron chi connectivity index (χ1n) is 5.92. The van der Waals surface area contributed by atoms with E-state index in [0.29, 0.717) is 0 Å². The third-order valence-corrected chi connectivity index (χ3v) is 3.75. The Hall–Kier alpha value is -0.380. The van der Waals surface area contributed by atoms with E-state index in [1.54, 1.807) is 0 Å². The van der Waals surface area contributed by atoms with Gasteiger partial charge < -0.3 is 10.2 Å². The lowest BCUT2D eigenvalue weighted by molar-refractivity contribution is 0.0165. The molecule has 0 aromatic carbocycles. The lowest BCUT2D eigenvalue weighted by Crippen LogP contribution is -2.62. The minimum atomic E-state index is 0.771. The fraction of sp³-hybridized carbons (Fsp3) is 0.833. The number of nitrogens with one attached hydrogen (secondary N) is 1. The third kappa shape index (κ3) is 2.25. The van der Waals surface area contributed by atoms with Gasteiger partial charge in [0, 0.05) is 38.8 Å². The number of hydrogen-bond acceptors (Lipinski definition) is 3. The standard InChI is InChI=1S/C12H23N3/c1-4-5-15-8-10-6-13-7-11(9-15)12(10)14(2)3/h4,10-13H,1,5-9H2,2-3H3. The number of fused-ring (bicyclic) bond motifs is 2. The number of rotatable bonds is 3. The molecule has 0 spiro atoms. The molecule has 2 unspecified atom stereocenters. The van der Waals surface area contributed by atoms with Crippen molar-refractivity contribution in [2.24, 2.45) is 11.8 Å². The van der Waals surface area contributed by atoms with Crippen molar-refractivity contribution < 1.29 is 0 Å². The summed E-state index contributed by atoms with van der Waals surface area (Å²) in [6.07, 6.45) is 2.03. The molecule has 0 saturated carbocycles. The second kappa shape index (κ2) is 4.64. The molecule has 86 valence electrons. The predicted molar refractivity (Wildman–Crippen MR) is 64.0 cm³/mol. The van der Waals surface area contributed by atoms with Crippen molar-refractivity contribution in [3.63, 3.8) is 0 Å². The van der Waals surface area contributed by atoms with E-state index in [9.17, 15) is 0 Å². The lowest BCUT2D eigenvalue weighted by Gasteiger charge is -2.50. The minimum absolute atomic E-state index is 0.771. The molecule has 15 heavy (non-hydrogen) atoms. The summed E-state index contributed by atoms with van der Waals surface area (Å²) in [7, 11) is 4.44. The Bertz CT molecular complexity index is 213. The minimum Gasteiger partial charge on any atom is -0.316 e. The topological polar surface area (TPSA) is 18.5 Å². The van der Waals surface area contributed by atoms with Crippen LogP contribution in [0.4, 0.5) is 0 Å². The Morgan fingerprint density at radius 1 is 1.33 bits per heavy atom. The van der Waals surface area contributed by atoms with E-state index in [1.165, 1.54) is 26.2 Å². The summed E-state index contributed by atoms with van der Waals surface area (Å²) in [5, 5.41) is 3.56. The van der Waals surface area contributed by atoms with Crippen LogP contribution in [0.2, 0.25) is 0 Å². The molecule has 0 aromatic heterocycles. The van der Waals surface area contributed by atoms with Crippen molar-refractivity contribution >= 4 is 0 Å². The highest BCUT2D eigenvalue weighted by atomic mass is 15.2. The van der Waals surface area contributed by atoms with Crippen molar-refractivity contribution in [1.29, 1.82) is 0 Å². The van der Waals surface area contributed by atoms with Crippen LogP contribution in [0.1, 0.15) is 0 Å². The van der Waals surface area contributed by atoms with Crippen LogP contribution in [0.15, 0.2) is 12.7 Å². The molecule has 2 fully saturated rings. The molecule has 2 atom stereocenters. The van der Waals surface area contributed by atoms with Crippen molar-refractivity contribution in [2.45, 2.75) is 6.04 Å². The van der Waals surface area contributed by atoms with E-state index < -0.39 is 0 Å². The quantitative estimate of drug-likeness (QED) is 0.672. The number of nitrogens with zero attached hydrogens (tertiary/aromatic N) is 2. The van der Waals surface area contributed by atoms with Crippen LogP contribution in [0.25, 0.3) is 0 Å². The van der Waals surface area contributed by atoms with Gasteiger partial charge in [0.2, 0.25) is 0 Å². The SMILES string of the molecule is C=CCN1CC2CNCC(C1)C2N(C)C. The van der Waals surface area contributed by atoms with Crippen molar-refractivity contribution in [3.8, 4) is 0 Å².